The van der Waals surface area contributed by atoms with E-state index in [4.69, 9.17) is 9.47 Å². The molecule has 6 heteroatoms. The lowest BCUT2D eigenvalue weighted by Gasteiger charge is -2.15. The highest BCUT2D eigenvalue weighted by molar-refractivity contribution is 7.10. The summed E-state index contributed by atoms with van der Waals surface area (Å²) in [5.41, 5.74) is 0.910. The molecule has 0 saturated carbocycles. The Morgan fingerprint density at radius 2 is 2.08 bits per heavy atom. The summed E-state index contributed by atoms with van der Waals surface area (Å²) in [4.78, 5) is 14.5. The predicted molar refractivity (Wildman–Crippen MR) is 95.4 cm³/mol. The third kappa shape index (κ3) is 4.97. The zero-order valence-electron chi connectivity index (χ0n) is 14.2. The van der Waals surface area contributed by atoms with Crippen LogP contribution in [-0.2, 0) is 11.2 Å². The lowest BCUT2D eigenvalue weighted by Crippen LogP contribution is -2.19. The Balaban J connectivity index is 2.12. The fourth-order valence-electron chi connectivity index (χ4n) is 2.33. The molecule has 1 heterocycles. The molecule has 1 unspecified atom stereocenters. The van der Waals surface area contributed by atoms with E-state index in [1.54, 1.807) is 7.11 Å². The van der Waals surface area contributed by atoms with E-state index in [0.29, 0.717) is 24.5 Å². The van der Waals surface area contributed by atoms with Gasteiger partial charge in [0.25, 0.3) is 0 Å². The lowest BCUT2D eigenvalue weighted by molar-refractivity contribution is -0.138. The first kappa shape index (κ1) is 18.3. The van der Waals surface area contributed by atoms with E-state index in [-0.39, 0.29) is 0 Å². The van der Waals surface area contributed by atoms with Crippen molar-refractivity contribution in [2.45, 2.75) is 12.3 Å². The Morgan fingerprint density at radius 3 is 2.67 bits per heavy atom. The van der Waals surface area contributed by atoms with Crippen molar-refractivity contribution in [2.24, 2.45) is 0 Å². The van der Waals surface area contributed by atoms with E-state index in [0.717, 1.165) is 17.0 Å². The minimum Gasteiger partial charge on any atom is -0.493 e. The van der Waals surface area contributed by atoms with Crippen molar-refractivity contribution in [2.75, 3.05) is 34.4 Å². The number of carboxylic acids is 1. The van der Waals surface area contributed by atoms with Gasteiger partial charge in [-0.25, -0.2) is 0 Å². The van der Waals surface area contributed by atoms with Crippen LogP contribution in [0.4, 0.5) is 0 Å². The van der Waals surface area contributed by atoms with Crippen molar-refractivity contribution in [1.82, 2.24) is 4.90 Å². The molecule has 0 fully saturated rings. The first-order valence-corrected chi connectivity index (χ1v) is 8.60. The van der Waals surface area contributed by atoms with Crippen molar-refractivity contribution < 1.29 is 19.4 Å². The fraction of sp³-hybridized carbons (Fsp3) is 0.389. The van der Waals surface area contributed by atoms with Gasteiger partial charge in [-0.15, -0.1) is 11.3 Å². The molecule has 130 valence electrons. The molecule has 0 amide bonds. The standard InChI is InChI=1S/C18H23NO4S/c1-19(2)8-9-23-15-7-6-13(12-16(15)22-3)11-14(18(20)21)17-5-4-10-24-17/h4-7,10,12,14H,8-9,11H2,1-3H3,(H,20,21). The number of likely N-dealkylation sites (N-methyl/N-ethyl adjacent to an activating group) is 1. The van der Waals surface area contributed by atoms with Crippen LogP contribution in [0, 0.1) is 0 Å². The number of carboxylic acid groups (broad SMARTS) is 1. The summed E-state index contributed by atoms with van der Waals surface area (Å²) in [6.45, 7) is 1.38. The molecule has 2 aromatic rings. The molecule has 5 nitrogen and oxygen atoms in total. The number of benzene rings is 1. The largest absolute Gasteiger partial charge is 0.493 e. The van der Waals surface area contributed by atoms with E-state index in [1.807, 2.05) is 54.7 Å². The second-order valence-corrected chi connectivity index (χ2v) is 6.73. The number of rotatable bonds is 9. The van der Waals surface area contributed by atoms with Crippen LogP contribution in [-0.4, -0.2) is 50.3 Å². The Hall–Kier alpha value is -2.05. The summed E-state index contributed by atoms with van der Waals surface area (Å²) in [5.74, 6) is -0.0642. The van der Waals surface area contributed by atoms with Crippen molar-refractivity contribution >= 4 is 17.3 Å². The minimum atomic E-state index is -0.817. The summed E-state index contributed by atoms with van der Waals surface area (Å²) in [6.07, 6.45) is 0.421. The normalized spacial score (nSPS) is 12.2. The summed E-state index contributed by atoms with van der Waals surface area (Å²) in [6, 6.07) is 9.33. The third-order valence-electron chi connectivity index (χ3n) is 3.65. The summed E-state index contributed by atoms with van der Waals surface area (Å²) >= 11 is 1.46. The minimum absolute atomic E-state index is 0.421. The molecule has 0 radical (unpaired) electrons. The van der Waals surface area contributed by atoms with Crippen LogP contribution in [0.25, 0.3) is 0 Å². The summed E-state index contributed by atoms with van der Waals surface area (Å²) < 4.78 is 11.1. The SMILES string of the molecule is COc1cc(CC(C(=O)O)c2cccs2)ccc1OCCN(C)C. The molecule has 1 atom stereocenters. The van der Waals surface area contributed by atoms with Gasteiger partial charge in [0.15, 0.2) is 11.5 Å². The van der Waals surface area contributed by atoms with Crippen molar-refractivity contribution in [3.05, 3.63) is 46.2 Å². The first-order chi connectivity index (χ1) is 11.5. The molecule has 0 aliphatic carbocycles. The van der Waals surface area contributed by atoms with Gasteiger partial charge in [0.05, 0.1) is 13.0 Å². The number of nitrogens with zero attached hydrogens (tertiary/aromatic N) is 1. The average molecular weight is 349 g/mol. The number of aliphatic carboxylic acids is 1. The monoisotopic (exact) mass is 349 g/mol. The molecule has 0 aliphatic heterocycles. The third-order valence-corrected chi connectivity index (χ3v) is 4.63. The molecule has 2 rings (SSSR count). The molecule has 24 heavy (non-hydrogen) atoms. The average Bonchev–Trinajstić information content (AvgIpc) is 3.06. The number of hydrogen-bond acceptors (Lipinski definition) is 5. The summed E-state index contributed by atoms with van der Waals surface area (Å²) in [7, 11) is 5.56. The molecule has 0 aliphatic rings. The van der Waals surface area contributed by atoms with Gasteiger partial charge < -0.3 is 19.5 Å². The Labute approximate surface area is 146 Å². The van der Waals surface area contributed by atoms with Crippen LogP contribution in [0.2, 0.25) is 0 Å². The van der Waals surface area contributed by atoms with E-state index < -0.39 is 11.9 Å². The molecule has 0 bridgehead atoms. The van der Waals surface area contributed by atoms with E-state index in [2.05, 4.69) is 0 Å². The Morgan fingerprint density at radius 1 is 1.29 bits per heavy atom. The van der Waals surface area contributed by atoms with Crippen LogP contribution >= 0.6 is 11.3 Å². The second-order valence-electron chi connectivity index (χ2n) is 5.75. The zero-order chi connectivity index (χ0) is 17.5. The second kappa shape index (κ2) is 8.70. The lowest BCUT2D eigenvalue weighted by atomic mass is 9.97. The number of methoxy groups -OCH3 is 1. The van der Waals surface area contributed by atoms with Crippen molar-refractivity contribution in [3.8, 4) is 11.5 Å². The Bertz CT molecular complexity index is 655. The van der Waals surface area contributed by atoms with Gasteiger partial charge in [0.2, 0.25) is 0 Å². The number of hydrogen-bond donors (Lipinski definition) is 1. The molecular formula is C18H23NO4S. The van der Waals surface area contributed by atoms with Crippen LogP contribution in [0.15, 0.2) is 35.7 Å². The highest BCUT2D eigenvalue weighted by Gasteiger charge is 2.22. The maximum atomic E-state index is 11.6. The van der Waals surface area contributed by atoms with Crippen LogP contribution < -0.4 is 9.47 Å². The number of carbonyl (C=O) groups is 1. The van der Waals surface area contributed by atoms with E-state index in [9.17, 15) is 9.90 Å². The molecule has 1 aromatic heterocycles. The summed E-state index contributed by atoms with van der Waals surface area (Å²) in [5, 5.41) is 11.4. The maximum Gasteiger partial charge on any atom is 0.312 e. The van der Waals surface area contributed by atoms with Gasteiger partial charge in [0, 0.05) is 11.4 Å². The first-order valence-electron chi connectivity index (χ1n) is 7.72. The highest BCUT2D eigenvalue weighted by Crippen LogP contribution is 2.31. The fourth-order valence-corrected chi connectivity index (χ4v) is 3.15. The van der Waals surface area contributed by atoms with E-state index >= 15 is 0 Å². The maximum absolute atomic E-state index is 11.6. The van der Waals surface area contributed by atoms with Crippen LogP contribution in [0.1, 0.15) is 16.4 Å². The number of thiophene rings is 1. The van der Waals surface area contributed by atoms with E-state index in [1.165, 1.54) is 11.3 Å². The van der Waals surface area contributed by atoms with Gasteiger partial charge in [0.1, 0.15) is 6.61 Å². The molecule has 0 saturated heterocycles. The smallest absolute Gasteiger partial charge is 0.312 e. The molecule has 1 N–H and O–H groups in total. The molecule has 0 spiro atoms. The molecule has 1 aromatic carbocycles. The Kier molecular flexibility index (Phi) is 6.63. The topological polar surface area (TPSA) is 59.0 Å². The highest BCUT2D eigenvalue weighted by atomic mass is 32.1. The van der Waals surface area contributed by atoms with Gasteiger partial charge in [-0.1, -0.05) is 12.1 Å². The quantitative estimate of drug-likeness (QED) is 0.754. The van der Waals surface area contributed by atoms with Crippen molar-refractivity contribution in [3.63, 3.8) is 0 Å². The van der Waals surface area contributed by atoms with Crippen LogP contribution in [0.3, 0.4) is 0 Å². The number of ether oxygens (including phenoxy) is 2. The zero-order valence-corrected chi connectivity index (χ0v) is 15.0. The predicted octanol–water partition coefficient (Wildman–Crippen LogP) is 3.11. The van der Waals surface area contributed by atoms with Gasteiger partial charge in [-0.2, -0.15) is 0 Å². The van der Waals surface area contributed by atoms with Gasteiger partial charge in [-0.3, -0.25) is 4.79 Å². The van der Waals surface area contributed by atoms with Gasteiger partial charge >= 0.3 is 5.97 Å². The van der Waals surface area contributed by atoms with Crippen LogP contribution in [0.5, 0.6) is 11.5 Å². The van der Waals surface area contributed by atoms with Crippen molar-refractivity contribution in [1.29, 1.82) is 0 Å². The molecular weight excluding hydrogens is 326 g/mol. The van der Waals surface area contributed by atoms with Gasteiger partial charge in [-0.05, 0) is 49.7 Å².